The molecule has 0 bridgehead atoms. The fourth-order valence-corrected chi connectivity index (χ4v) is 2.23. The minimum absolute atomic E-state index is 0.367. The molecule has 1 atom stereocenters. The van der Waals surface area contributed by atoms with Crippen molar-refractivity contribution in [2.75, 3.05) is 0 Å². The van der Waals surface area contributed by atoms with Crippen LogP contribution in [0.3, 0.4) is 0 Å². The van der Waals surface area contributed by atoms with Crippen LogP contribution in [-0.2, 0) is 13.7 Å². The Morgan fingerprint density at radius 2 is 2.00 bits per heavy atom. The molecule has 1 heterocycles. The summed E-state index contributed by atoms with van der Waals surface area (Å²) in [5.41, 5.74) is 2.55. The second kappa shape index (κ2) is 6.29. The van der Waals surface area contributed by atoms with Crippen LogP contribution in [0.15, 0.2) is 24.3 Å². The summed E-state index contributed by atoms with van der Waals surface area (Å²) >= 11 is 6.17. The Kier molecular flexibility index (Phi) is 4.68. The standard InChI is InChI=1S/C15H19ClN2O2/c1-4-14(19)11-5-7-12(8-6-11)20-9-13-15(16)10(2)17-18(13)3/h5-8,14,19H,4,9H2,1-3H3/t14-/m0/s1. The van der Waals surface area contributed by atoms with E-state index in [9.17, 15) is 5.11 Å². The molecule has 2 aromatic rings. The molecule has 0 aliphatic rings. The first kappa shape index (κ1) is 14.9. The number of aliphatic hydroxyl groups is 1. The summed E-state index contributed by atoms with van der Waals surface area (Å²) in [6, 6.07) is 7.45. The van der Waals surface area contributed by atoms with Crippen molar-refractivity contribution in [3.05, 3.63) is 46.2 Å². The van der Waals surface area contributed by atoms with E-state index >= 15 is 0 Å². The van der Waals surface area contributed by atoms with Gasteiger partial charge >= 0.3 is 0 Å². The van der Waals surface area contributed by atoms with Gasteiger partial charge in [-0.05, 0) is 31.0 Å². The summed E-state index contributed by atoms with van der Waals surface area (Å²) in [5, 5.41) is 14.6. The highest BCUT2D eigenvalue weighted by atomic mass is 35.5. The molecule has 108 valence electrons. The lowest BCUT2D eigenvalue weighted by atomic mass is 10.1. The molecule has 0 saturated heterocycles. The van der Waals surface area contributed by atoms with Crippen molar-refractivity contribution in [1.29, 1.82) is 0 Å². The van der Waals surface area contributed by atoms with Gasteiger partial charge in [-0.1, -0.05) is 30.7 Å². The van der Waals surface area contributed by atoms with E-state index < -0.39 is 6.10 Å². The van der Waals surface area contributed by atoms with Crippen LogP contribution in [0.5, 0.6) is 5.75 Å². The molecule has 20 heavy (non-hydrogen) atoms. The number of halogens is 1. The zero-order valence-electron chi connectivity index (χ0n) is 11.9. The largest absolute Gasteiger partial charge is 0.487 e. The lowest BCUT2D eigenvalue weighted by molar-refractivity contribution is 0.173. The Morgan fingerprint density at radius 3 is 2.50 bits per heavy atom. The van der Waals surface area contributed by atoms with E-state index in [1.807, 2.05) is 45.2 Å². The molecular formula is C15H19ClN2O2. The number of rotatable bonds is 5. The van der Waals surface area contributed by atoms with Crippen LogP contribution in [0.25, 0.3) is 0 Å². The Labute approximate surface area is 123 Å². The predicted molar refractivity (Wildman–Crippen MR) is 79.0 cm³/mol. The van der Waals surface area contributed by atoms with Crippen LogP contribution < -0.4 is 4.74 Å². The second-order valence-corrected chi connectivity index (χ2v) is 5.13. The molecule has 4 nitrogen and oxygen atoms in total. The van der Waals surface area contributed by atoms with Crippen molar-refractivity contribution >= 4 is 11.6 Å². The minimum atomic E-state index is -0.418. The van der Waals surface area contributed by atoms with Gasteiger partial charge in [-0.25, -0.2) is 0 Å². The SMILES string of the molecule is CC[C@H](O)c1ccc(OCc2c(Cl)c(C)nn2C)cc1. The molecule has 0 radical (unpaired) electrons. The second-order valence-electron chi connectivity index (χ2n) is 4.75. The molecule has 0 spiro atoms. The van der Waals surface area contributed by atoms with E-state index in [2.05, 4.69) is 5.10 Å². The molecule has 5 heteroatoms. The maximum absolute atomic E-state index is 9.73. The van der Waals surface area contributed by atoms with E-state index in [-0.39, 0.29) is 0 Å². The number of aryl methyl sites for hydroxylation is 2. The monoisotopic (exact) mass is 294 g/mol. The molecule has 2 rings (SSSR count). The number of hydrogen-bond donors (Lipinski definition) is 1. The van der Waals surface area contributed by atoms with Crippen LogP contribution in [0, 0.1) is 6.92 Å². The third-order valence-electron chi connectivity index (χ3n) is 3.29. The highest BCUT2D eigenvalue weighted by Gasteiger charge is 2.11. The van der Waals surface area contributed by atoms with Crippen LogP contribution in [0.1, 0.15) is 36.4 Å². The summed E-state index contributed by atoms with van der Waals surface area (Å²) in [6.07, 6.45) is 0.280. The summed E-state index contributed by atoms with van der Waals surface area (Å²) in [7, 11) is 1.85. The van der Waals surface area contributed by atoms with E-state index in [0.717, 1.165) is 22.7 Å². The number of aromatic nitrogens is 2. The lowest BCUT2D eigenvalue weighted by Gasteiger charge is -2.10. The number of nitrogens with zero attached hydrogens (tertiary/aromatic N) is 2. The van der Waals surface area contributed by atoms with E-state index in [0.29, 0.717) is 18.1 Å². The minimum Gasteiger partial charge on any atom is -0.487 e. The maximum atomic E-state index is 9.73. The molecule has 1 aromatic heterocycles. The fraction of sp³-hybridized carbons (Fsp3) is 0.400. The summed E-state index contributed by atoms with van der Waals surface area (Å²) in [6.45, 7) is 4.18. The first-order chi connectivity index (χ1) is 9.52. The first-order valence-electron chi connectivity index (χ1n) is 6.61. The predicted octanol–water partition coefficient (Wildman–Crippen LogP) is 3.40. The average Bonchev–Trinajstić information content (AvgIpc) is 2.70. The van der Waals surface area contributed by atoms with Crippen LogP contribution in [-0.4, -0.2) is 14.9 Å². The van der Waals surface area contributed by atoms with Crippen molar-refractivity contribution in [3.8, 4) is 5.75 Å². The van der Waals surface area contributed by atoms with E-state index in [1.165, 1.54) is 0 Å². The molecule has 1 aromatic carbocycles. The number of aliphatic hydroxyl groups excluding tert-OH is 1. The highest BCUT2D eigenvalue weighted by Crippen LogP contribution is 2.23. The fourth-order valence-electron chi connectivity index (χ4n) is 2.01. The number of ether oxygens (including phenoxy) is 1. The average molecular weight is 295 g/mol. The molecule has 0 aliphatic carbocycles. The van der Waals surface area contributed by atoms with Crippen molar-refractivity contribution in [1.82, 2.24) is 9.78 Å². The molecule has 0 aliphatic heterocycles. The molecule has 0 saturated carbocycles. The Morgan fingerprint density at radius 1 is 1.35 bits per heavy atom. The quantitative estimate of drug-likeness (QED) is 0.919. The zero-order chi connectivity index (χ0) is 14.7. The van der Waals surface area contributed by atoms with Gasteiger partial charge in [-0.2, -0.15) is 5.10 Å². The van der Waals surface area contributed by atoms with Gasteiger partial charge in [0, 0.05) is 7.05 Å². The summed E-state index contributed by atoms with van der Waals surface area (Å²) in [5.74, 6) is 0.743. The summed E-state index contributed by atoms with van der Waals surface area (Å²) < 4.78 is 7.44. The normalized spacial score (nSPS) is 12.4. The van der Waals surface area contributed by atoms with Gasteiger partial charge < -0.3 is 9.84 Å². The number of hydrogen-bond acceptors (Lipinski definition) is 3. The highest BCUT2D eigenvalue weighted by molar-refractivity contribution is 6.31. The lowest BCUT2D eigenvalue weighted by Crippen LogP contribution is -2.03. The van der Waals surface area contributed by atoms with Gasteiger partial charge in [0.2, 0.25) is 0 Å². The molecule has 0 amide bonds. The molecule has 0 unspecified atom stereocenters. The van der Waals surface area contributed by atoms with Crippen LogP contribution in [0.2, 0.25) is 5.02 Å². The van der Waals surface area contributed by atoms with Gasteiger partial charge in [-0.3, -0.25) is 4.68 Å². The van der Waals surface area contributed by atoms with Gasteiger partial charge in [0.25, 0.3) is 0 Å². The van der Waals surface area contributed by atoms with Crippen LogP contribution >= 0.6 is 11.6 Å². The Balaban J connectivity index is 2.04. The third kappa shape index (κ3) is 3.14. The van der Waals surface area contributed by atoms with E-state index in [4.69, 9.17) is 16.3 Å². The van der Waals surface area contributed by atoms with Crippen LogP contribution in [0.4, 0.5) is 0 Å². The molecule has 1 N–H and O–H groups in total. The maximum Gasteiger partial charge on any atom is 0.131 e. The van der Waals surface area contributed by atoms with Gasteiger partial charge in [-0.15, -0.1) is 0 Å². The first-order valence-corrected chi connectivity index (χ1v) is 6.99. The Bertz CT molecular complexity index is 578. The third-order valence-corrected chi connectivity index (χ3v) is 3.78. The molecular weight excluding hydrogens is 276 g/mol. The molecule has 0 fully saturated rings. The van der Waals surface area contributed by atoms with E-state index in [1.54, 1.807) is 4.68 Å². The van der Waals surface area contributed by atoms with Crippen molar-refractivity contribution < 1.29 is 9.84 Å². The van der Waals surface area contributed by atoms with Crippen molar-refractivity contribution in [2.45, 2.75) is 33.0 Å². The smallest absolute Gasteiger partial charge is 0.131 e. The van der Waals surface area contributed by atoms with Crippen molar-refractivity contribution in [2.24, 2.45) is 7.05 Å². The zero-order valence-corrected chi connectivity index (χ0v) is 12.7. The van der Waals surface area contributed by atoms with Gasteiger partial charge in [0.15, 0.2) is 0 Å². The van der Waals surface area contributed by atoms with Crippen molar-refractivity contribution in [3.63, 3.8) is 0 Å². The Hall–Kier alpha value is -1.52. The number of benzene rings is 1. The van der Waals surface area contributed by atoms with Gasteiger partial charge in [0.05, 0.1) is 22.5 Å². The summed E-state index contributed by atoms with van der Waals surface area (Å²) in [4.78, 5) is 0. The van der Waals surface area contributed by atoms with Gasteiger partial charge in [0.1, 0.15) is 12.4 Å². The topological polar surface area (TPSA) is 47.3 Å².